The van der Waals surface area contributed by atoms with E-state index in [0.717, 1.165) is 48.0 Å². The number of benzene rings is 1. The van der Waals surface area contributed by atoms with Gasteiger partial charge in [-0.05, 0) is 80.5 Å². The Bertz CT molecular complexity index is 464. The topological polar surface area (TPSA) is 29.5 Å². The fourth-order valence-electron chi connectivity index (χ4n) is 3.79. The van der Waals surface area contributed by atoms with Crippen molar-refractivity contribution in [2.24, 2.45) is 11.8 Å². The molecule has 2 fully saturated rings. The molecule has 2 heteroatoms. The molecule has 1 aromatic rings. The van der Waals surface area contributed by atoms with Crippen molar-refractivity contribution in [3.05, 3.63) is 29.3 Å². The summed E-state index contributed by atoms with van der Waals surface area (Å²) in [6.45, 7) is 2.08. The molecule has 2 aliphatic carbocycles. The number of aryl methyl sites for hydroxylation is 1. The molecule has 0 radical (unpaired) electrons. The van der Waals surface area contributed by atoms with Crippen molar-refractivity contribution >= 4 is 0 Å². The predicted octanol–water partition coefficient (Wildman–Crippen LogP) is 3.79. The lowest BCUT2D eigenvalue weighted by atomic mass is 9.72. The first-order valence-corrected chi connectivity index (χ1v) is 7.50. The highest BCUT2D eigenvalue weighted by Crippen LogP contribution is 2.50. The van der Waals surface area contributed by atoms with E-state index < -0.39 is 5.60 Å². The molecule has 0 bridgehead atoms. The van der Waals surface area contributed by atoms with Gasteiger partial charge in [-0.15, -0.1) is 0 Å². The lowest BCUT2D eigenvalue weighted by Crippen LogP contribution is -2.34. The summed E-state index contributed by atoms with van der Waals surface area (Å²) >= 11 is 0. The van der Waals surface area contributed by atoms with Gasteiger partial charge in [-0.2, -0.15) is 0 Å². The first-order valence-electron chi connectivity index (χ1n) is 7.50. The van der Waals surface area contributed by atoms with Gasteiger partial charge in [0.1, 0.15) is 5.75 Å². The number of ether oxygens (including phenoxy) is 1. The van der Waals surface area contributed by atoms with Gasteiger partial charge in [0, 0.05) is 0 Å². The standard InChI is InChI=1S/C17H24O2/c1-12-10-15(19-2)7-8-16(12)17(18)9-3-4-14(11-17)13-5-6-13/h7-8,10,13-14,18H,3-6,9,11H2,1-2H3. The highest BCUT2D eigenvalue weighted by atomic mass is 16.5. The highest BCUT2D eigenvalue weighted by Gasteiger charge is 2.42. The van der Waals surface area contributed by atoms with Gasteiger partial charge in [-0.3, -0.25) is 0 Å². The molecule has 1 N–H and O–H groups in total. The minimum Gasteiger partial charge on any atom is -0.497 e. The Balaban J connectivity index is 1.86. The summed E-state index contributed by atoms with van der Waals surface area (Å²) in [5, 5.41) is 11.1. The molecule has 2 saturated carbocycles. The summed E-state index contributed by atoms with van der Waals surface area (Å²) in [5.41, 5.74) is 1.65. The number of hydrogen-bond acceptors (Lipinski definition) is 2. The average Bonchev–Trinajstić information content (AvgIpc) is 3.22. The molecule has 1 aromatic carbocycles. The van der Waals surface area contributed by atoms with E-state index >= 15 is 0 Å². The van der Waals surface area contributed by atoms with Crippen LogP contribution in [0.25, 0.3) is 0 Å². The van der Waals surface area contributed by atoms with Gasteiger partial charge in [-0.25, -0.2) is 0 Å². The molecule has 2 aliphatic rings. The molecule has 0 heterocycles. The number of hydrogen-bond donors (Lipinski definition) is 1. The molecule has 0 aromatic heterocycles. The van der Waals surface area contributed by atoms with Crippen LogP contribution in [0, 0.1) is 18.8 Å². The zero-order chi connectivity index (χ0) is 13.5. The second-order valence-electron chi connectivity index (χ2n) is 6.41. The third-order valence-electron chi connectivity index (χ3n) is 4.99. The van der Waals surface area contributed by atoms with Crippen molar-refractivity contribution < 1.29 is 9.84 Å². The predicted molar refractivity (Wildman–Crippen MR) is 76.3 cm³/mol. The van der Waals surface area contributed by atoms with Crippen LogP contribution in [0.15, 0.2) is 18.2 Å². The van der Waals surface area contributed by atoms with Crippen LogP contribution < -0.4 is 4.74 Å². The van der Waals surface area contributed by atoms with Crippen LogP contribution >= 0.6 is 0 Å². The van der Waals surface area contributed by atoms with Crippen LogP contribution in [0.4, 0.5) is 0 Å². The molecule has 3 rings (SSSR count). The van der Waals surface area contributed by atoms with Crippen molar-refractivity contribution in [3.8, 4) is 5.75 Å². The van der Waals surface area contributed by atoms with E-state index in [-0.39, 0.29) is 0 Å². The van der Waals surface area contributed by atoms with E-state index in [1.54, 1.807) is 7.11 Å². The fraction of sp³-hybridized carbons (Fsp3) is 0.647. The van der Waals surface area contributed by atoms with Gasteiger partial charge in [0.15, 0.2) is 0 Å². The molecule has 2 nitrogen and oxygen atoms in total. The number of methoxy groups -OCH3 is 1. The second-order valence-corrected chi connectivity index (χ2v) is 6.41. The lowest BCUT2D eigenvalue weighted by Gasteiger charge is -2.38. The maximum Gasteiger partial charge on any atom is 0.119 e. The molecular weight excluding hydrogens is 236 g/mol. The Kier molecular flexibility index (Phi) is 3.30. The van der Waals surface area contributed by atoms with E-state index in [1.165, 1.54) is 19.3 Å². The monoisotopic (exact) mass is 260 g/mol. The summed E-state index contributed by atoms with van der Waals surface area (Å²) < 4.78 is 5.26. The van der Waals surface area contributed by atoms with E-state index in [0.29, 0.717) is 0 Å². The van der Waals surface area contributed by atoms with Gasteiger partial charge in [0.05, 0.1) is 12.7 Å². The Morgan fingerprint density at radius 2 is 2.00 bits per heavy atom. The first-order chi connectivity index (χ1) is 9.12. The molecule has 0 spiro atoms. The van der Waals surface area contributed by atoms with Gasteiger partial charge < -0.3 is 9.84 Å². The summed E-state index contributed by atoms with van der Waals surface area (Å²) in [4.78, 5) is 0. The summed E-state index contributed by atoms with van der Waals surface area (Å²) in [5.74, 6) is 2.50. The second kappa shape index (κ2) is 4.82. The molecule has 2 atom stereocenters. The van der Waals surface area contributed by atoms with Gasteiger partial charge in [0.2, 0.25) is 0 Å². The van der Waals surface area contributed by atoms with Gasteiger partial charge >= 0.3 is 0 Å². The van der Waals surface area contributed by atoms with Crippen LogP contribution in [-0.4, -0.2) is 12.2 Å². The molecule has 19 heavy (non-hydrogen) atoms. The normalized spacial score (nSPS) is 31.2. The van der Waals surface area contributed by atoms with E-state index in [9.17, 15) is 5.11 Å². The first kappa shape index (κ1) is 13.0. The van der Waals surface area contributed by atoms with Gasteiger partial charge in [0.25, 0.3) is 0 Å². The number of aliphatic hydroxyl groups is 1. The zero-order valence-electron chi connectivity index (χ0n) is 12.0. The maximum atomic E-state index is 11.1. The van der Waals surface area contributed by atoms with Gasteiger partial charge in [-0.1, -0.05) is 6.07 Å². The summed E-state index contributed by atoms with van der Waals surface area (Å²) in [6, 6.07) is 6.07. The van der Waals surface area contributed by atoms with Crippen molar-refractivity contribution in [2.45, 2.75) is 51.0 Å². The van der Waals surface area contributed by atoms with Crippen LogP contribution in [0.1, 0.15) is 49.7 Å². The molecule has 0 amide bonds. The van der Waals surface area contributed by atoms with Crippen molar-refractivity contribution in [2.75, 3.05) is 7.11 Å². The largest absolute Gasteiger partial charge is 0.497 e. The van der Waals surface area contributed by atoms with Crippen molar-refractivity contribution in [1.29, 1.82) is 0 Å². The molecule has 2 unspecified atom stereocenters. The average molecular weight is 260 g/mol. The van der Waals surface area contributed by atoms with E-state index in [1.807, 2.05) is 12.1 Å². The number of rotatable bonds is 3. The van der Waals surface area contributed by atoms with Crippen molar-refractivity contribution in [1.82, 2.24) is 0 Å². The fourth-order valence-corrected chi connectivity index (χ4v) is 3.79. The zero-order valence-corrected chi connectivity index (χ0v) is 12.0. The third kappa shape index (κ3) is 2.51. The van der Waals surface area contributed by atoms with Crippen LogP contribution in [0.3, 0.4) is 0 Å². The lowest BCUT2D eigenvalue weighted by molar-refractivity contribution is -0.0256. The molecule has 0 saturated heterocycles. The van der Waals surface area contributed by atoms with Crippen molar-refractivity contribution in [3.63, 3.8) is 0 Å². The Labute approximate surface area is 115 Å². The maximum absolute atomic E-state index is 11.1. The Morgan fingerprint density at radius 1 is 1.21 bits per heavy atom. The smallest absolute Gasteiger partial charge is 0.119 e. The molecule has 104 valence electrons. The summed E-state index contributed by atoms with van der Waals surface area (Å²) in [7, 11) is 1.69. The Hall–Kier alpha value is -1.02. The minimum atomic E-state index is -0.609. The van der Waals surface area contributed by atoms with Crippen LogP contribution in [-0.2, 0) is 5.60 Å². The SMILES string of the molecule is COc1ccc(C2(O)CCCC(C3CC3)C2)c(C)c1. The molecule has 0 aliphatic heterocycles. The minimum absolute atomic E-state index is 0.609. The highest BCUT2D eigenvalue weighted by molar-refractivity contribution is 5.38. The third-order valence-corrected chi connectivity index (χ3v) is 4.99. The van der Waals surface area contributed by atoms with Crippen LogP contribution in [0.5, 0.6) is 5.75 Å². The van der Waals surface area contributed by atoms with E-state index in [2.05, 4.69) is 13.0 Å². The Morgan fingerprint density at radius 3 is 2.63 bits per heavy atom. The molecular formula is C17H24O2. The quantitative estimate of drug-likeness (QED) is 0.896. The van der Waals surface area contributed by atoms with E-state index in [4.69, 9.17) is 4.74 Å². The summed E-state index contributed by atoms with van der Waals surface area (Å²) in [6.07, 6.45) is 7.07. The van der Waals surface area contributed by atoms with Crippen LogP contribution in [0.2, 0.25) is 0 Å².